The van der Waals surface area contributed by atoms with E-state index in [2.05, 4.69) is 83.0 Å². The molecule has 4 rings (SSSR count). The maximum Gasteiger partial charge on any atom is 0.161 e. The van der Waals surface area contributed by atoms with Crippen molar-refractivity contribution in [2.75, 3.05) is 22.1 Å². The number of benzene rings is 2. The summed E-state index contributed by atoms with van der Waals surface area (Å²) in [5, 5.41) is 8.82. The molecule has 2 N–H and O–H groups in total. The molecule has 2 atom stereocenters. The first-order valence-corrected chi connectivity index (χ1v) is 11.8. The Morgan fingerprint density at radius 1 is 0.741 bits per heavy atom. The summed E-state index contributed by atoms with van der Waals surface area (Å²) in [4.78, 5) is 11.6. The summed E-state index contributed by atoms with van der Waals surface area (Å²) in [6, 6.07) is 17.9. The third-order valence-electron chi connectivity index (χ3n) is 4.04. The molecule has 140 valence electrons. The van der Waals surface area contributed by atoms with Crippen LogP contribution in [0.4, 0.5) is 11.4 Å². The number of amidine groups is 2. The van der Waals surface area contributed by atoms with Gasteiger partial charge in [0.1, 0.15) is 0 Å². The van der Waals surface area contributed by atoms with Crippen LogP contribution in [0.3, 0.4) is 0 Å². The van der Waals surface area contributed by atoms with E-state index in [4.69, 9.17) is 0 Å². The number of nitrogens with one attached hydrogen (secondary N) is 2. The van der Waals surface area contributed by atoms with Gasteiger partial charge in [0.25, 0.3) is 0 Å². The number of rotatable bonds is 4. The number of hydrogen-bond donors (Lipinski definition) is 2. The van der Waals surface area contributed by atoms with Gasteiger partial charge in [-0.1, -0.05) is 35.3 Å². The lowest BCUT2D eigenvalue weighted by Gasteiger charge is -2.08. The minimum atomic E-state index is 0.410. The number of nitrogens with zero attached hydrogens (tertiary/aromatic N) is 2. The zero-order chi connectivity index (χ0) is 18.6. The van der Waals surface area contributed by atoms with Crippen LogP contribution in [0.5, 0.6) is 0 Å². The fourth-order valence-electron chi connectivity index (χ4n) is 2.68. The van der Waals surface area contributed by atoms with E-state index < -0.39 is 0 Å². The molecule has 0 bridgehead atoms. The Morgan fingerprint density at radius 2 is 1.15 bits per heavy atom. The minimum Gasteiger partial charge on any atom is -0.335 e. The zero-order valence-electron chi connectivity index (χ0n) is 15.3. The summed E-state index contributed by atoms with van der Waals surface area (Å²) in [5.74, 6) is 2.12. The van der Waals surface area contributed by atoms with Crippen molar-refractivity contribution in [1.82, 2.24) is 0 Å². The summed E-state index contributed by atoms with van der Waals surface area (Å²) in [6.45, 7) is 4.28. The molecule has 2 aromatic rings. The maximum atomic E-state index is 4.57. The van der Waals surface area contributed by atoms with Gasteiger partial charge in [-0.2, -0.15) is 0 Å². The molecule has 2 unspecified atom stereocenters. The summed E-state index contributed by atoms with van der Waals surface area (Å²) in [6.07, 6.45) is 0. The van der Waals surface area contributed by atoms with E-state index in [0.717, 1.165) is 33.2 Å². The molecule has 2 heterocycles. The predicted molar refractivity (Wildman–Crippen MR) is 123 cm³/mol. The fourth-order valence-corrected chi connectivity index (χ4v) is 5.33. The van der Waals surface area contributed by atoms with E-state index in [1.165, 1.54) is 9.79 Å². The first-order chi connectivity index (χ1) is 13.1. The molecule has 0 saturated heterocycles. The lowest BCUT2D eigenvalue weighted by molar-refractivity contribution is 0.865. The van der Waals surface area contributed by atoms with Crippen LogP contribution in [0.2, 0.25) is 0 Å². The molecule has 0 spiro atoms. The molecule has 2 aliphatic rings. The second-order valence-electron chi connectivity index (χ2n) is 6.59. The van der Waals surface area contributed by atoms with Gasteiger partial charge in [0, 0.05) is 32.7 Å². The standard InChI is InChI=1S/C20H22N4S3/c1-13-11-25-19(21-13)23-15-3-7-17(8-4-15)27-18-9-5-16(6-10-18)24-20-22-14(2)12-26-20/h3-10,13-14H,11-12H2,1-2H3,(H,21,23)(H,22,24). The van der Waals surface area contributed by atoms with Crippen molar-refractivity contribution >= 4 is 57.0 Å². The molecule has 0 amide bonds. The SMILES string of the molecule is CC1CSC(Nc2ccc(Sc3ccc(NC4=NC(C)CS4)cc3)cc2)=N1. The van der Waals surface area contributed by atoms with E-state index in [-0.39, 0.29) is 0 Å². The molecule has 0 saturated carbocycles. The van der Waals surface area contributed by atoms with Gasteiger partial charge >= 0.3 is 0 Å². The van der Waals surface area contributed by atoms with E-state index in [1.54, 1.807) is 35.3 Å². The van der Waals surface area contributed by atoms with Crippen LogP contribution in [-0.4, -0.2) is 33.9 Å². The average Bonchev–Trinajstić information content (AvgIpc) is 3.26. The van der Waals surface area contributed by atoms with E-state index >= 15 is 0 Å². The van der Waals surface area contributed by atoms with Crippen LogP contribution in [0.15, 0.2) is 68.3 Å². The Balaban J connectivity index is 1.33. The number of hydrogen-bond acceptors (Lipinski definition) is 7. The predicted octanol–water partition coefficient (Wildman–Crippen LogP) is 5.64. The molecular weight excluding hydrogens is 392 g/mol. The van der Waals surface area contributed by atoms with Crippen molar-refractivity contribution in [2.24, 2.45) is 9.98 Å². The number of thioether (sulfide) groups is 2. The van der Waals surface area contributed by atoms with Crippen molar-refractivity contribution < 1.29 is 0 Å². The van der Waals surface area contributed by atoms with Gasteiger partial charge < -0.3 is 10.6 Å². The fraction of sp³-hybridized carbons (Fsp3) is 0.300. The lowest BCUT2D eigenvalue weighted by atomic mass is 10.3. The monoisotopic (exact) mass is 414 g/mol. The Labute approximate surface area is 173 Å². The highest BCUT2D eigenvalue weighted by molar-refractivity contribution is 8.14. The van der Waals surface area contributed by atoms with E-state index in [1.807, 2.05) is 0 Å². The maximum absolute atomic E-state index is 4.57. The molecule has 7 heteroatoms. The second kappa shape index (κ2) is 8.63. The van der Waals surface area contributed by atoms with Crippen LogP contribution in [0.25, 0.3) is 0 Å². The van der Waals surface area contributed by atoms with Gasteiger partial charge in [-0.15, -0.1) is 0 Å². The quantitative estimate of drug-likeness (QED) is 0.677. The molecule has 0 fully saturated rings. The molecule has 27 heavy (non-hydrogen) atoms. The van der Waals surface area contributed by atoms with Crippen LogP contribution in [0.1, 0.15) is 13.8 Å². The van der Waals surface area contributed by atoms with Crippen LogP contribution >= 0.6 is 35.3 Å². The topological polar surface area (TPSA) is 48.8 Å². The normalized spacial score (nSPS) is 21.7. The first-order valence-electron chi connectivity index (χ1n) is 8.97. The number of anilines is 2. The molecular formula is C20H22N4S3. The minimum absolute atomic E-state index is 0.410. The summed E-state index contributed by atoms with van der Waals surface area (Å²) in [5.41, 5.74) is 2.17. The highest BCUT2D eigenvalue weighted by Crippen LogP contribution is 2.30. The van der Waals surface area contributed by atoms with Gasteiger partial charge in [-0.3, -0.25) is 9.98 Å². The van der Waals surface area contributed by atoms with Crippen molar-refractivity contribution in [3.63, 3.8) is 0 Å². The smallest absolute Gasteiger partial charge is 0.161 e. The first kappa shape index (κ1) is 18.8. The third-order valence-corrected chi connectivity index (χ3v) is 7.32. The zero-order valence-corrected chi connectivity index (χ0v) is 17.8. The van der Waals surface area contributed by atoms with E-state index in [9.17, 15) is 0 Å². The van der Waals surface area contributed by atoms with Crippen molar-refractivity contribution in [3.8, 4) is 0 Å². The summed E-state index contributed by atoms with van der Waals surface area (Å²) < 4.78 is 0. The van der Waals surface area contributed by atoms with Gasteiger partial charge in [-0.05, 0) is 62.4 Å². The van der Waals surface area contributed by atoms with Gasteiger partial charge in [0.15, 0.2) is 10.3 Å². The summed E-state index contributed by atoms with van der Waals surface area (Å²) >= 11 is 5.33. The second-order valence-corrected chi connectivity index (χ2v) is 9.75. The van der Waals surface area contributed by atoms with Gasteiger partial charge in [0.2, 0.25) is 0 Å². The Morgan fingerprint density at radius 3 is 1.48 bits per heavy atom. The van der Waals surface area contributed by atoms with Crippen molar-refractivity contribution in [3.05, 3.63) is 48.5 Å². The highest BCUT2D eigenvalue weighted by Gasteiger charge is 2.14. The highest BCUT2D eigenvalue weighted by atomic mass is 32.2. The third kappa shape index (κ3) is 5.24. The largest absolute Gasteiger partial charge is 0.335 e. The molecule has 0 aliphatic carbocycles. The average molecular weight is 415 g/mol. The van der Waals surface area contributed by atoms with Crippen LogP contribution in [0, 0.1) is 0 Å². The van der Waals surface area contributed by atoms with Gasteiger partial charge in [0.05, 0.1) is 12.1 Å². The van der Waals surface area contributed by atoms with Crippen LogP contribution in [-0.2, 0) is 0 Å². The lowest BCUT2D eigenvalue weighted by Crippen LogP contribution is -2.04. The Hall–Kier alpha value is -1.57. The van der Waals surface area contributed by atoms with Gasteiger partial charge in [-0.25, -0.2) is 0 Å². The summed E-state index contributed by atoms with van der Waals surface area (Å²) in [7, 11) is 0. The molecule has 0 radical (unpaired) electrons. The molecule has 4 nitrogen and oxygen atoms in total. The van der Waals surface area contributed by atoms with Crippen molar-refractivity contribution in [1.29, 1.82) is 0 Å². The van der Waals surface area contributed by atoms with Crippen LogP contribution < -0.4 is 10.6 Å². The molecule has 2 aliphatic heterocycles. The molecule has 0 aromatic heterocycles. The van der Waals surface area contributed by atoms with E-state index in [0.29, 0.717) is 12.1 Å². The number of aliphatic imine (C=N–C) groups is 2. The van der Waals surface area contributed by atoms with Crippen molar-refractivity contribution in [2.45, 2.75) is 35.7 Å². The Kier molecular flexibility index (Phi) is 6.00. The Bertz CT molecular complexity index is 775. The molecule has 2 aromatic carbocycles.